The highest BCUT2D eigenvalue weighted by molar-refractivity contribution is 7.94. The Morgan fingerprint density at radius 2 is 1.94 bits per heavy atom. The maximum absolute atomic E-state index is 11.2. The maximum atomic E-state index is 11.2. The van der Waals surface area contributed by atoms with E-state index in [1.54, 1.807) is 30.3 Å². The summed E-state index contributed by atoms with van der Waals surface area (Å²) in [5.41, 5.74) is 1.32. The van der Waals surface area contributed by atoms with E-state index in [4.69, 9.17) is 4.55 Å². The molecular weight excluding hydrogens is 252 g/mol. The van der Waals surface area contributed by atoms with Gasteiger partial charge in [0.2, 0.25) is 0 Å². The van der Waals surface area contributed by atoms with E-state index in [9.17, 15) is 12.6 Å². The molecule has 0 saturated heterocycles. The van der Waals surface area contributed by atoms with Gasteiger partial charge >= 0.3 is 11.4 Å². The Balaban J connectivity index is 2.80. The van der Waals surface area contributed by atoms with E-state index < -0.39 is 27.2 Å². The Kier molecular flexibility index (Phi) is 4.36. The van der Waals surface area contributed by atoms with E-state index in [1.165, 1.54) is 0 Å². The minimum atomic E-state index is -4.03. The predicted molar refractivity (Wildman–Crippen MR) is 61.0 cm³/mol. The lowest BCUT2D eigenvalue weighted by Crippen LogP contribution is -2.10. The molecular formula is C9H10O5S2. The number of hydrogen-bond donors (Lipinski definition) is 1. The normalized spacial score (nSPS) is 13.3. The van der Waals surface area contributed by atoms with Crippen molar-refractivity contribution in [3.63, 3.8) is 0 Å². The highest BCUT2D eigenvalue weighted by Crippen LogP contribution is 2.10. The second-order valence-corrected chi connectivity index (χ2v) is 5.32. The van der Waals surface area contributed by atoms with Crippen molar-refractivity contribution in [3.8, 4) is 0 Å². The van der Waals surface area contributed by atoms with Crippen molar-refractivity contribution < 1.29 is 20.8 Å². The monoisotopic (exact) mass is 262 g/mol. The highest BCUT2D eigenvalue weighted by atomic mass is 32.3. The van der Waals surface area contributed by atoms with Crippen molar-refractivity contribution in [2.45, 2.75) is 5.75 Å². The van der Waals surface area contributed by atoms with E-state index in [0.717, 1.165) is 5.56 Å². The summed E-state index contributed by atoms with van der Waals surface area (Å²) in [6.07, 6.45) is 1.62. The molecule has 1 aromatic rings. The molecule has 1 atom stereocenters. The van der Waals surface area contributed by atoms with Gasteiger partial charge in [-0.1, -0.05) is 36.9 Å². The lowest BCUT2D eigenvalue weighted by molar-refractivity contribution is 0.442. The third-order valence-corrected chi connectivity index (χ3v) is 3.70. The van der Waals surface area contributed by atoms with Gasteiger partial charge in [-0.15, -0.1) is 3.63 Å². The van der Waals surface area contributed by atoms with Gasteiger partial charge in [0.05, 0.1) is 0 Å². The smallest absolute Gasteiger partial charge is 0.283 e. The van der Waals surface area contributed by atoms with Crippen LogP contribution in [0.1, 0.15) is 11.1 Å². The number of hydrogen-bond acceptors (Lipinski definition) is 4. The molecule has 0 aromatic heterocycles. The zero-order chi connectivity index (χ0) is 12.2. The first-order valence-electron chi connectivity index (χ1n) is 4.18. The van der Waals surface area contributed by atoms with Crippen LogP contribution in [-0.2, 0) is 30.9 Å². The minimum absolute atomic E-state index is 0.448. The summed E-state index contributed by atoms with van der Waals surface area (Å²) in [7, 11) is -4.03. The van der Waals surface area contributed by atoms with Crippen LogP contribution in [-0.4, -0.2) is 17.2 Å². The molecule has 88 valence electrons. The second kappa shape index (κ2) is 5.35. The number of rotatable bonds is 5. The van der Waals surface area contributed by atoms with Crippen LogP contribution in [0.3, 0.4) is 0 Å². The third-order valence-electron chi connectivity index (χ3n) is 1.72. The molecule has 0 aliphatic rings. The Morgan fingerprint density at radius 3 is 2.38 bits per heavy atom. The van der Waals surface area contributed by atoms with Crippen molar-refractivity contribution in [2.24, 2.45) is 0 Å². The van der Waals surface area contributed by atoms with Gasteiger partial charge in [0.15, 0.2) is 0 Å². The Bertz CT molecular complexity index is 489. The van der Waals surface area contributed by atoms with Crippen molar-refractivity contribution in [1.82, 2.24) is 0 Å². The van der Waals surface area contributed by atoms with Crippen molar-refractivity contribution in [2.75, 3.05) is 0 Å². The standard InChI is InChI=1S/C9H10O5S2/c1-2-8-3-5-9(6-4-8)7-16(12,13)14-15(10)11/h2-6H,1,7H2,(H,10,11). The summed E-state index contributed by atoms with van der Waals surface area (Å²) >= 11 is -2.82. The average Bonchev–Trinajstić information content (AvgIpc) is 2.16. The summed E-state index contributed by atoms with van der Waals surface area (Å²) in [6, 6.07) is 6.54. The van der Waals surface area contributed by atoms with Crippen molar-refractivity contribution in [1.29, 1.82) is 0 Å². The average molecular weight is 262 g/mol. The van der Waals surface area contributed by atoms with Gasteiger partial charge in [-0.05, 0) is 11.1 Å². The van der Waals surface area contributed by atoms with E-state index >= 15 is 0 Å². The molecule has 7 heteroatoms. The molecule has 0 saturated carbocycles. The van der Waals surface area contributed by atoms with Crippen molar-refractivity contribution >= 4 is 27.6 Å². The fraction of sp³-hybridized carbons (Fsp3) is 0.111. The Hall–Kier alpha value is -1.02. The molecule has 0 radical (unpaired) electrons. The van der Waals surface area contributed by atoms with Crippen LogP contribution in [0.2, 0.25) is 0 Å². The van der Waals surface area contributed by atoms with Gasteiger partial charge in [0.1, 0.15) is 5.75 Å². The minimum Gasteiger partial charge on any atom is -0.283 e. The predicted octanol–water partition coefficient (Wildman–Crippen LogP) is 1.31. The van der Waals surface area contributed by atoms with Crippen LogP contribution in [0.25, 0.3) is 6.08 Å². The lowest BCUT2D eigenvalue weighted by atomic mass is 10.1. The molecule has 5 nitrogen and oxygen atoms in total. The Morgan fingerprint density at radius 1 is 1.38 bits per heavy atom. The molecule has 0 bridgehead atoms. The zero-order valence-corrected chi connectivity index (χ0v) is 9.83. The summed E-state index contributed by atoms with van der Waals surface area (Å²) in [5, 5.41) is 0. The second-order valence-electron chi connectivity index (χ2n) is 2.93. The summed E-state index contributed by atoms with van der Waals surface area (Å²) in [5.74, 6) is -0.448. The van der Waals surface area contributed by atoms with Crippen LogP contribution in [0.4, 0.5) is 0 Å². The highest BCUT2D eigenvalue weighted by Gasteiger charge is 2.15. The van der Waals surface area contributed by atoms with Gasteiger partial charge in [0, 0.05) is 0 Å². The largest absolute Gasteiger partial charge is 0.317 e. The van der Waals surface area contributed by atoms with E-state index in [0.29, 0.717) is 5.56 Å². The molecule has 1 N–H and O–H groups in total. The molecule has 0 amide bonds. The SMILES string of the molecule is C=Cc1ccc(CS(=O)(=O)OS(=O)O)cc1. The quantitative estimate of drug-likeness (QED) is 0.809. The Labute approximate surface area is 96.4 Å². The summed E-state index contributed by atoms with van der Waals surface area (Å²) in [6.45, 7) is 3.56. The first kappa shape index (κ1) is 13.0. The lowest BCUT2D eigenvalue weighted by Gasteiger charge is -2.02. The molecule has 1 rings (SSSR count). The molecule has 0 heterocycles. The molecule has 0 fully saturated rings. The van der Waals surface area contributed by atoms with Crippen LogP contribution >= 0.6 is 0 Å². The molecule has 0 spiro atoms. The van der Waals surface area contributed by atoms with Crippen LogP contribution in [0.5, 0.6) is 0 Å². The van der Waals surface area contributed by atoms with Crippen molar-refractivity contribution in [3.05, 3.63) is 42.0 Å². The first-order valence-corrected chi connectivity index (χ1v) is 6.79. The first-order chi connectivity index (χ1) is 7.43. The topological polar surface area (TPSA) is 80.7 Å². The summed E-state index contributed by atoms with van der Waals surface area (Å²) < 4.78 is 44.7. The molecule has 16 heavy (non-hydrogen) atoms. The van der Waals surface area contributed by atoms with Crippen LogP contribution in [0, 0.1) is 0 Å². The fourth-order valence-electron chi connectivity index (χ4n) is 1.07. The van der Waals surface area contributed by atoms with Gasteiger partial charge in [-0.3, -0.25) is 4.55 Å². The molecule has 0 aliphatic carbocycles. The third kappa shape index (κ3) is 4.23. The molecule has 1 unspecified atom stereocenters. The van der Waals surface area contributed by atoms with E-state index in [2.05, 4.69) is 10.2 Å². The fourth-order valence-corrected chi connectivity index (χ4v) is 2.57. The van der Waals surface area contributed by atoms with E-state index in [1.807, 2.05) is 0 Å². The molecule has 1 aromatic carbocycles. The summed E-state index contributed by atoms with van der Waals surface area (Å²) in [4.78, 5) is 0. The zero-order valence-electron chi connectivity index (χ0n) is 8.20. The maximum Gasteiger partial charge on any atom is 0.317 e. The van der Waals surface area contributed by atoms with E-state index in [-0.39, 0.29) is 0 Å². The van der Waals surface area contributed by atoms with Gasteiger partial charge in [0.25, 0.3) is 10.1 Å². The molecule has 0 aliphatic heterocycles. The van der Waals surface area contributed by atoms with Gasteiger partial charge in [-0.25, -0.2) is 0 Å². The van der Waals surface area contributed by atoms with Gasteiger partial charge in [-0.2, -0.15) is 12.6 Å². The van der Waals surface area contributed by atoms with Crippen LogP contribution < -0.4 is 0 Å². The van der Waals surface area contributed by atoms with Gasteiger partial charge < -0.3 is 0 Å². The number of benzene rings is 1. The van der Waals surface area contributed by atoms with Crippen LogP contribution in [0.15, 0.2) is 30.8 Å².